The van der Waals surface area contributed by atoms with Crippen LogP contribution in [0.4, 0.5) is 13.2 Å². The van der Waals surface area contributed by atoms with Crippen molar-refractivity contribution < 1.29 is 32.7 Å². The second-order valence-electron chi connectivity index (χ2n) is 6.83. The van der Waals surface area contributed by atoms with Crippen molar-refractivity contribution in [2.24, 2.45) is 11.7 Å². The quantitative estimate of drug-likeness (QED) is 0.514. The lowest BCUT2D eigenvalue weighted by Gasteiger charge is -2.22. The molecule has 2 atom stereocenters. The average molecular weight is 408 g/mol. The van der Waals surface area contributed by atoms with Crippen molar-refractivity contribution >= 4 is 11.8 Å². The van der Waals surface area contributed by atoms with Gasteiger partial charge in [-0.05, 0) is 54.7 Å². The first-order valence-electron chi connectivity index (χ1n) is 8.94. The predicted molar refractivity (Wildman–Crippen MR) is 96.5 cm³/mol. The third kappa shape index (κ3) is 4.34. The number of carbonyl (C=O) groups excluding carboxylic acids is 2. The summed E-state index contributed by atoms with van der Waals surface area (Å²) in [4.78, 5) is 23.6. The fourth-order valence-electron chi connectivity index (χ4n) is 3.72. The SMILES string of the molecule is NC(=O)c1ccc(Oc2ccccc2C(F)(F)F)c([C@@H]2CCC[C@@H]2C(=O)NO)c1. The molecule has 0 unspecified atom stereocenters. The van der Waals surface area contributed by atoms with Crippen LogP contribution in [0, 0.1) is 5.92 Å². The molecule has 4 N–H and O–H groups in total. The van der Waals surface area contributed by atoms with E-state index >= 15 is 0 Å². The second kappa shape index (κ2) is 8.12. The Morgan fingerprint density at radius 3 is 2.48 bits per heavy atom. The van der Waals surface area contributed by atoms with Crippen LogP contribution in [0.5, 0.6) is 11.5 Å². The molecule has 0 heterocycles. The number of hydrogen-bond acceptors (Lipinski definition) is 4. The largest absolute Gasteiger partial charge is 0.456 e. The number of alkyl halides is 3. The molecule has 1 aliphatic rings. The number of halogens is 3. The molecule has 9 heteroatoms. The van der Waals surface area contributed by atoms with Gasteiger partial charge in [0, 0.05) is 11.5 Å². The maximum Gasteiger partial charge on any atom is 0.419 e. The summed E-state index contributed by atoms with van der Waals surface area (Å²) in [5.74, 6) is -2.67. The summed E-state index contributed by atoms with van der Waals surface area (Å²) >= 11 is 0. The normalized spacial score (nSPS) is 19.0. The third-order valence-electron chi connectivity index (χ3n) is 5.07. The molecule has 154 valence electrons. The zero-order chi connectivity index (χ0) is 21.2. The number of amides is 2. The van der Waals surface area contributed by atoms with Gasteiger partial charge in [0.2, 0.25) is 11.8 Å². The van der Waals surface area contributed by atoms with Gasteiger partial charge in [-0.1, -0.05) is 18.6 Å². The number of nitrogens with one attached hydrogen (secondary N) is 1. The van der Waals surface area contributed by atoms with Crippen molar-refractivity contribution in [1.82, 2.24) is 5.48 Å². The Kier molecular flexibility index (Phi) is 5.78. The number of primary amides is 1. The Balaban J connectivity index is 2.07. The van der Waals surface area contributed by atoms with E-state index < -0.39 is 41.1 Å². The van der Waals surface area contributed by atoms with Crippen molar-refractivity contribution in [2.45, 2.75) is 31.4 Å². The minimum absolute atomic E-state index is 0.0920. The molecule has 0 spiro atoms. The molecular formula is C20H19F3N2O4. The van der Waals surface area contributed by atoms with Crippen LogP contribution in [-0.4, -0.2) is 17.0 Å². The Morgan fingerprint density at radius 1 is 1.10 bits per heavy atom. The lowest BCUT2D eigenvalue weighted by atomic mass is 9.87. The van der Waals surface area contributed by atoms with E-state index in [1.54, 1.807) is 5.48 Å². The molecule has 0 aromatic heterocycles. The van der Waals surface area contributed by atoms with Crippen LogP contribution in [0.3, 0.4) is 0 Å². The highest BCUT2D eigenvalue weighted by atomic mass is 19.4. The number of hydroxylamine groups is 1. The molecular weight excluding hydrogens is 389 g/mol. The zero-order valence-electron chi connectivity index (χ0n) is 15.2. The summed E-state index contributed by atoms with van der Waals surface area (Å²) in [7, 11) is 0. The molecule has 0 saturated heterocycles. The smallest absolute Gasteiger partial charge is 0.419 e. The van der Waals surface area contributed by atoms with Gasteiger partial charge in [-0.15, -0.1) is 0 Å². The summed E-state index contributed by atoms with van der Waals surface area (Å²) in [5, 5.41) is 9.00. The zero-order valence-corrected chi connectivity index (χ0v) is 15.2. The molecule has 2 aromatic carbocycles. The van der Waals surface area contributed by atoms with Gasteiger partial charge in [0.1, 0.15) is 11.5 Å². The first-order chi connectivity index (χ1) is 13.7. The van der Waals surface area contributed by atoms with Gasteiger partial charge in [0.15, 0.2) is 0 Å². The van der Waals surface area contributed by atoms with Gasteiger partial charge in [-0.25, -0.2) is 5.48 Å². The molecule has 1 aliphatic carbocycles. The molecule has 2 amide bonds. The lowest BCUT2D eigenvalue weighted by Crippen LogP contribution is -2.29. The summed E-state index contributed by atoms with van der Waals surface area (Å²) in [6, 6.07) is 8.93. The van der Waals surface area contributed by atoms with Crippen molar-refractivity contribution in [2.75, 3.05) is 0 Å². The van der Waals surface area contributed by atoms with E-state index in [2.05, 4.69) is 0 Å². The molecule has 0 aliphatic heterocycles. The Bertz CT molecular complexity index is 930. The maximum atomic E-state index is 13.3. The summed E-state index contributed by atoms with van der Waals surface area (Å²) < 4.78 is 45.6. The van der Waals surface area contributed by atoms with Crippen LogP contribution in [0.15, 0.2) is 42.5 Å². The summed E-state index contributed by atoms with van der Waals surface area (Å²) in [6.07, 6.45) is -2.92. The molecule has 0 radical (unpaired) electrons. The Hall–Kier alpha value is -3.07. The van der Waals surface area contributed by atoms with Gasteiger partial charge >= 0.3 is 6.18 Å². The first-order valence-corrected chi connectivity index (χ1v) is 8.94. The molecule has 1 fully saturated rings. The highest BCUT2D eigenvalue weighted by Crippen LogP contribution is 2.45. The van der Waals surface area contributed by atoms with Crippen molar-refractivity contribution in [3.8, 4) is 11.5 Å². The number of rotatable bonds is 5. The van der Waals surface area contributed by atoms with Crippen LogP contribution in [0.2, 0.25) is 0 Å². The minimum atomic E-state index is -4.61. The molecule has 1 saturated carbocycles. The van der Waals surface area contributed by atoms with Gasteiger partial charge < -0.3 is 10.5 Å². The number of carbonyl (C=O) groups is 2. The van der Waals surface area contributed by atoms with E-state index in [-0.39, 0.29) is 11.3 Å². The summed E-state index contributed by atoms with van der Waals surface area (Å²) in [5.41, 5.74) is 6.55. The Labute approximate surface area is 164 Å². The molecule has 29 heavy (non-hydrogen) atoms. The van der Waals surface area contributed by atoms with Gasteiger partial charge in [-0.3, -0.25) is 14.8 Å². The van der Waals surface area contributed by atoms with Crippen LogP contribution >= 0.6 is 0 Å². The fourth-order valence-corrected chi connectivity index (χ4v) is 3.72. The van der Waals surface area contributed by atoms with Crippen LogP contribution in [-0.2, 0) is 11.0 Å². The molecule has 2 aromatic rings. The van der Waals surface area contributed by atoms with E-state index in [0.29, 0.717) is 24.8 Å². The van der Waals surface area contributed by atoms with E-state index in [1.807, 2.05) is 0 Å². The first kappa shape index (κ1) is 20.7. The molecule has 3 rings (SSSR count). The van der Waals surface area contributed by atoms with E-state index in [4.69, 9.17) is 15.7 Å². The van der Waals surface area contributed by atoms with Crippen LogP contribution in [0.1, 0.15) is 46.7 Å². The lowest BCUT2D eigenvalue weighted by molar-refractivity contribution is -0.138. The van der Waals surface area contributed by atoms with Crippen molar-refractivity contribution in [1.29, 1.82) is 0 Å². The van der Waals surface area contributed by atoms with Crippen molar-refractivity contribution in [3.63, 3.8) is 0 Å². The fraction of sp³-hybridized carbons (Fsp3) is 0.300. The Morgan fingerprint density at radius 2 is 1.83 bits per heavy atom. The van der Waals surface area contributed by atoms with Crippen molar-refractivity contribution in [3.05, 3.63) is 59.2 Å². The highest BCUT2D eigenvalue weighted by Gasteiger charge is 2.37. The maximum absolute atomic E-state index is 13.3. The number of hydrogen-bond donors (Lipinski definition) is 3. The minimum Gasteiger partial charge on any atom is -0.456 e. The standard InChI is InChI=1S/C20H19F3N2O4/c21-20(22,23)15-6-1-2-7-17(15)29-16-9-8-11(18(24)26)10-14(16)12-4-3-5-13(12)19(27)25-28/h1-2,6-10,12-13,28H,3-5H2,(H2,24,26)(H,25,27)/t12-,13+/m1/s1. The molecule has 6 nitrogen and oxygen atoms in total. The van der Waals surface area contributed by atoms with Crippen LogP contribution < -0.4 is 16.0 Å². The topological polar surface area (TPSA) is 102 Å². The molecule has 0 bridgehead atoms. The van der Waals surface area contributed by atoms with E-state index in [0.717, 1.165) is 6.07 Å². The van der Waals surface area contributed by atoms with Gasteiger partial charge in [-0.2, -0.15) is 13.2 Å². The monoisotopic (exact) mass is 408 g/mol. The van der Waals surface area contributed by atoms with E-state index in [9.17, 15) is 22.8 Å². The number of nitrogens with two attached hydrogens (primary N) is 1. The highest BCUT2D eigenvalue weighted by molar-refractivity contribution is 5.93. The van der Waals surface area contributed by atoms with Gasteiger partial charge in [0.05, 0.1) is 5.56 Å². The number of para-hydroxylation sites is 1. The number of benzene rings is 2. The van der Waals surface area contributed by atoms with E-state index in [1.165, 1.54) is 36.4 Å². The van der Waals surface area contributed by atoms with Gasteiger partial charge in [0.25, 0.3) is 0 Å². The second-order valence-corrected chi connectivity index (χ2v) is 6.83. The summed E-state index contributed by atoms with van der Waals surface area (Å²) in [6.45, 7) is 0. The predicted octanol–water partition coefficient (Wildman–Crippen LogP) is 3.99. The average Bonchev–Trinajstić information content (AvgIpc) is 3.16. The number of ether oxygens (including phenoxy) is 1. The third-order valence-corrected chi connectivity index (χ3v) is 5.07. The van der Waals surface area contributed by atoms with Crippen LogP contribution in [0.25, 0.3) is 0 Å².